The maximum Gasteiger partial charge on any atom is 0.113 e. The highest BCUT2D eigenvalue weighted by molar-refractivity contribution is 5.75. The van der Waals surface area contributed by atoms with Gasteiger partial charge in [-0.1, -0.05) is 24.3 Å². The summed E-state index contributed by atoms with van der Waals surface area (Å²) < 4.78 is 2.18. The summed E-state index contributed by atoms with van der Waals surface area (Å²) in [6.07, 6.45) is 9.24. The summed E-state index contributed by atoms with van der Waals surface area (Å²) >= 11 is 0. The van der Waals surface area contributed by atoms with Gasteiger partial charge in [0.2, 0.25) is 0 Å². The molecule has 0 bridgehead atoms. The minimum absolute atomic E-state index is 0.813. The molecule has 1 saturated carbocycles. The van der Waals surface area contributed by atoms with Crippen LogP contribution in [0.4, 0.5) is 0 Å². The zero-order valence-corrected chi connectivity index (χ0v) is 11.5. The average Bonchev–Trinajstić information content (AvgIpc) is 3.20. The van der Waals surface area contributed by atoms with Gasteiger partial charge in [0, 0.05) is 19.5 Å². The molecule has 0 radical (unpaired) electrons. The predicted molar refractivity (Wildman–Crippen MR) is 79.2 cm³/mol. The standard InChI is InChI=1S/C16H21N3/c1-19-15-8-5-4-7-14(15)18-16(19)9-3-2-6-12-17-13-10-11-13/h2-5,7-8,13,17H,6,9-12H2,1H3. The van der Waals surface area contributed by atoms with E-state index in [0.29, 0.717) is 0 Å². The molecule has 3 rings (SSSR count). The van der Waals surface area contributed by atoms with Crippen molar-refractivity contribution in [3.63, 3.8) is 0 Å². The van der Waals surface area contributed by atoms with Crippen molar-refractivity contribution in [3.05, 3.63) is 42.2 Å². The van der Waals surface area contributed by atoms with Gasteiger partial charge in [-0.3, -0.25) is 0 Å². The third-order valence-electron chi connectivity index (χ3n) is 3.67. The number of nitrogens with one attached hydrogen (secondary N) is 1. The molecule has 1 fully saturated rings. The van der Waals surface area contributed by atoms with E-state index in [2.05, 4.69) is 52.3 Å². The number of benzene rings is 1. The summed E-state index contributed by atoms with van der Waals surface area (Å²) in [6.45, 7) is 1.10. The van der Waals surface area contributed by atoms with Crippen molar-refractivity contribution in [2.75, 3.05) is 6.54 Å². The number of aromatic nitrogens is 2. The Morgan fingerprint density at radius 2 is 2.16 bits per heavy atom. The van der Waals surface area contributed by atoms with E-state index in [0.717, 1.165) is 36.8 Å². The number of aryl methyl sites for hydroxylation is 1. The van der Waals surface area contributed by atoms with Crippen molar-refractivity contribution in [1.82, 2.24) is 14.9 Å². The molecule has 19 heavy (non-hydrogen) atoms. The first-order valence-electron chi connectivity index (χ1n) is 7.13. The Hall–Kier alpha value is -1.61. The van der Waals surface area contributed by atoms with Crippen LogP contribution in [0.3, 0.4) is 0 Å². The Bertz CT molecular complexity index is 579. The van der Waals surface area contributed by atoms with E-state index < -0.39 is 0 Å². The molecule has 1 heterocycles. The normalized spacial score (nSPS) is 15.6. The molecule has 1 aromatic carbocycles. The van der Waals surface area contributed by atoms with E-state index in [1.165, 1.54) is 18.4 Å². The number of fused-ring (bicyclic) bond motifs is 1. The molecule has 1 N–H and O–H groups in total. The van der Waals surface area contributed by atoms with Gasteiger partial charge in [-0.15, -0.1) is 0 Å². The third kappa shape index (κ3) is 3.04. The number of allylic oxidation sites excluding steroid dienone is 1. The van der Waals surface area contributed by atoms with Crippen LogP contribution >= 0.6 is 0 Å². The summed E-state index contributed by atoms with van der Waals surface area (Å²) in [5, 5.41) is 3.52. The van der Waals surface area contributed by atoms with Gasteiger partial charge in [0.1, 0.15) is 5.82 Å². The number of nitrogens with zero attached hydrogens (tertiary/aromatic N) is 2. The lowest BCUT2D eigenvalue weighted by atomic mass is 10.3. The van der Waals surface area contributed by atoms with Gasteiger partial charge in [0.25, 0.3) is 0 Å². The lowest BCUT2D eigenvalue weighted by Gasteiger charge is -1.99. The third-order valence-corrected chi connectivity index (χ3v) is 3.67. The zero-order chi connectivity index (χ0) is 13.1. The Morgan fingerprint density at radius 3 is 2.95 bits per heavy atom. The van der Waals surface area contributed by atoms with Crippen molar-refractivity contribution in [3.8, 4) is 0 Å². The molecule has 3 heteroatoms. The monoisotopic (exact) mass is 255 g/mol. The van der Waals surface area contributed by atoms with Crippen molar-refractivity contribution < 1.29 is 0 Å². The van der Waals surface area contributed by atoms with Crippen LogP contribution in [-0.4, -0.2) is 22.1 Å². The zero-order valence-electron chi connectivity index (χ0n) is 11.5. The second kappa shape index (κ2) is 5.57. The SMILES string of the molecule is Cn1c(CC=CCCNC2CC2)nc2ccccc21. The highest BCUT2D eigenvalue weighted by Gasteiger charge is 2.19. The van der Waals surface area contributed by atoms with Crippen molar-refractivity contribution >= 4 is 11.0 Å². The molecule has 1 aliphatic carbocycles. The Labute approximate surface area is 114 Å². The van der Waals surface area contributed by atoms with Crippen LogP contribution < -0.4 is 5.32 Å². The molecular formula is C16H21N3. The molecule has 0 unspecified atom stereocenters. The largest absolute Gasteiger partial charge is 0.331 e. The van der Waals surface area contributed by atoms with Gasteiger partial charge in [-0.2, -0.15) is 0 Å². The number of hydrogen-bond donors (Lipinski definition) is 1. The number of rotatable bonds is 6. The van der Waals surface area contributed by atoms with Crippen molar-refractivity contribution in [2.45, 2.75) is 31.7 Å². The van der Waals surface area contributed by atoms with Crippen LogP contribution in [0.15, 0.2) is 36.4 Å². The van der Waals surface area contributed by atoms with Gasteiger partial charge in [-0.25, -0.2) is 4.98 Å². The lowest BCUT2D eigenvalue weighted by molar-refractivity contribution is 0.689. The van der Waals surface area contributed by atoms with Crippen LogP contribution in [-0.2, 0) is 13.5 Å². The first kappa shape index (κ1) is 12.4. The number of hydrogen-bond acceptors (Lipinski definition) is 2. The highest BCUT2D eigenvalue weighted by atomic mass is 15.1. The van der Waals surface area contributed by atoms with Crippen LogP contribution in [0.1, 0.15) is 25.1 Å². The average molecular weight is 255 g/mol. The van der Waals surface area contributed by atoms with Crippen molar-refractivity contribution in [1.29, 1.82) is 0 Å². The molecular weight excluding hydrogens is 234 g/mol. The Morgan fingerprint density at radius 1 is 1.32 bits per heavy atom. The molecule has 3 nitrogen and oxygen atoms in total. The summed E-state index contributed by atoms with van der Waals surface area (Å²) in [6, 6.07) is 9.11. The van der Waals surface area contributed by atoms with Gasteiger partial charge in [0.05, 0.1) is 11.0 Å². The van der Waals surface area contributed by atoms with E-state index in [-0.39, 0.29) is 0 Å². The Balaban J connectivity index is 1.55. The molecule has 1 aliphatic rings. The quantitative estimate of drug-likeness (QED) is 0.635. The molecule has 1 aromatic heterocycles. The molecule has 0 amide bonds. The van der Waals surface area contributed by atoms with E-state index in [9.17, 15) is 0 Å². The first-order chi connectivity index (χ1) is 9.34. The predicted octanol–water partition coefficient (Wildman–Crippen LogP) is 2.81. The smallest absolute Gasteiger partial charge is 0.113 e. The van der Waals surface area contributed by atoms with Crippen LogP contribution in [0, 0.1) is 0 Å². The minimum Gasteiger partial charge on any atom is -0.331 e. The van der Waals surface area contributed by atoms with Crippen LogP contribution in [0.5, 0.6) is 0 Å². The topological polar surface area (TPSA) is 29.9 Å². The molecule has 2 aromatic rings. The van der Waals surface area contributed by atoms with E-state index in [4.69, 9.17) is 0 Å². The van der Waals surface area contributed by atoms with E-state index in [1.54, 1.807) is 0 Å². The van der Waals surface area contributed by atoms with E-state index >= 15 is 0 Å². The molecule has 0 spiro atoms. The summed E-state index contributed by atoms with van der Waals surface area (Å²) in [5.41, 5.74) is 2.30. The molecule has 0 aliphatic heterocycles. The molecule has 0 atom stereocenters. The second-order valence-electron chi connectivity index (χ2n) is 5.27. The fourth-order valence-electron chi connectivity index (χ4n) is 2.34. The summed E-state index contributed by atoms with van der Waals surface area (Å²) in [7, 11) is 2.09. The molecule has 0 saturated heterocycles. The fraction of sp³-hybridized carbons (Fsp3) is 0.438. The van der Waals surface area contributed by atoms with Gasteiger partial charge >= 0.3 is 0 Å². The van der Waals surface area contributed by atoms with E-state index in [1.807, 2.05) is 6.07 Å². The first-order valence-corrected chi connectivity index (χ1v) is 7.13. The van der Waals surface area contributed by atoms with Crippen molar-refractivity contribution in [2.24, 2.45) is 7.05 Å². The van der Waals surface area contributed by atoms with Crippen LogP contribution in [0.2, 0.25) is 0 Å². The highest BCUT2D eigenvalue weighted by Crippen LogP contribution is 2.18. The maximum absolute atomic E-state index is 4.66. The fourth-order valence-corrected chi connectivity index (χ4v) is 2.34. The summed E-state index contributed by atoms with van der Waals surface area (Å²) in [5.74, 6) is 1.13. The minimum atomic E-state index is 0.813. The summed E-state index contributed by atoms with van der Waals surface area (Å²) in [4.78, 5) is 4.66. The maximum atomic E-state index is 4.66. The van der Waals surface area contributed by atoms with Gasteiger partial charge < -0.3 is 9.88 Å². The number of imidazole rings is 1. The lowest BCUT2D eigenvalue weighted by Crippen LogP contribution is -2.16. The molecule has 100 valence electrons. The second-order valence-corrected chi connectivity index (χ2v) is 5.27. The number of para-hydroxylation sites is 2. The van der Waals surface area contributed by atoms with Gasteiger partial charge in [-0.05, 0) is 37.9 Å². The Kier molecular flexibility index (Phi) is 3.65. The van der Waals surface area contributed by atoms with Crippen LogP contribution in [0.25, 0.3) is 11.0 Å². The van der Waals surface area contributed by atoms with Gasteiger partial charge in [0.15, 0.2) is 0 Å².